The molecule has 0 aliphatic heterocycles. The van der Waals surface area contributed by atoms with E-state index in [0.717, 1.165) is 13.2 Å². The molecule has 0 atom stereocenters. The van der Waals surface area contributed by atoms with Crippen LogP contribution in [0.25, 0.3) is 0 Å². The molecule has 0 saturated heterocycles. The van der Waals surface area contributed by atoms with Gasteiger partial charge in [0.05, 0.1) is 0 Å². The summed E-state index contributed by atoms with van der Waals surface area (Å²) in [6, 6.07) is 0. The molecule has 0 aliphatic carbocycles. The van der Waals surface area contributed by atoms with Crippen molar-refractivity contribution in [2.45, 2.75) is 107 Å². The zero-order chi connectivity index (χ0) is 16.5. The van der Waals surface area contributed by atoms with Crippen molar-refractivity contribution in [2.75, 3.05) is 13.2 Å². The van der Waals surface area contributed by atoms with Crippen molar-refractivity contribution in [1.82, 2.24) is 0 Å². The first-order valence-electron chi connectivity index (χ1n) is 9.96. The van der Waals surface area contributed by atoms with Crippen LogP contribution in [-0.2, 0) is 6.15 Å². The van der Waals surface area contributed by atoms with E-state index in [-0.39, 0.29) is 0 Å². The van der Waals surface area contributed by atoms with E-state index in [9.17, 15) is 0 Å². The van der Waals surface area contributed by atoms with Gasteiger partial charge in [-0.1, -0.05) is 0 Å². The van der Waals surface area contributed by atoms with Crippen LogP contribution in [0.1, 0.15) is 97.8 Å². The molecule has 0 saturated carbocycles. The van der Waals surface area contributed by atoms with Gasteiger partial charge in [0.25, 0.3) is 0 Å². The third-order valence-electron chi connectivity index (χ3n) is 4.30. The Morgan fingerprint density at radius 1 is 0.545 bits per heavy atom. The van der Waals surface area contributed by atoms with Crippen LogP contribution in [0.15, 0.2) is 0 Å². The Balaban J connectivity index is 3.84. The monoisotopic (exact) mass is 422 g/mol. The topological polar surface area (TPSA) is 18.5 Å². The van der Waals surface area contributed by atoms with Crippen LogP contribution >= 0.6 is 0 Å². The molecule has 0 fully saturated rings. The molecular formula is C19H42O2Sn. The molecule has 0 unspecified atom stereocenters. The van der Waals surface area contributed by atoms with E-state index in [4.69, 9.17) is 6.15 Å². The molecular weight excluding hydrogens is 379 g/mol. The molecule has 0 spiro atoms. The zero-order valence-corrected chi connectivity index (χ0v) is 18.8. The minimum absolute atomic E-state index is 0.940. The maximum atomic E-state index is 6.33. The predicted molar refractivity (Wildman–Crippen MR) is 101 cm³/mol. The summed E-state index contributed by atoms with van der Waals surface area (Å²) in [6.45, 7) is 8.68. The third-order valence-corrected chi connectivity index (χ3v) is 12.5. The molecule has 0 aromatic rings. The fourth-order valence-electron chi connectivity index (χ4n) is 2.67. The summed E-state index contributed by atoms with van der Waals surface area (Å²) in [6.07, 6.45) is 15.7. The van der Waals surface area contributed by atoms with Gasteiger partial charge in [0.2, 0.25) is 0 Å². The molecule has 22 heavy (non-hydrogen) atoms. The van der Waals surface area contributed by atoms with E-state index in [1.807, 2.05) is 0 Å². The fraction of sp³-hybridized carbons (Fsp3) is 1.00. The summed E-state index contributed by atoms with van der Waals surface area (Å²) in [5.41, 5.74) is 0. The number of hydrogen-bond acceptors (Lipinski definition) is 2. The Labute approximate surface area is 145 Å². The predicted octanol–water partition coefficient (Wildman–Crippen LogP) is 6.83. The van der Waals surface area contributed by atoms with Gasteiger partial charge in [-0.2, -0.15) is 0 Å². The van der Waals surface area contributed by atoms with Gasteiger partial charge < -0.3 is 0 Å². The van der Waals surface area contributed by atoms with Gasteiger partial charge in [0.1, 0.15) is 0 Å². The third kappa shape index (κ3) is 14.3. The molecule has 0 amide bonds. The van der Waals surface area contributed by atoms with Crippen molar-refractivity contribution in [3.63, 3.8) is 0 Å². The van der Waals surface area contributed by atoms with Crippen LogP contribution in [0.2, 0.25) is 9.38 Å². The summed E-state index contributed by atoms with van der Waals surface area (Å²) >= 11 is -2.70. The number of rotatable bonds is 17. The first-order valence-corrected chi connectivity index (χ1v) is 17.2. The molecule has 0 heterocycles. The molecule has 134 valence electrons. The Morgan fingerprint density at radius 3 is 1.36 bits per heavy atom. The molecule has 2 nitrogen and oxygen atoms in total. The van der Waals surface area contributed by atoms with Gasteiger partial charge in [-0.3, -0.25) is 0 Å². The summed E-state index contributed by atoms with van der Waals surface area (Å²) in [4.78, 5) is 2.35. The van der Waals surface area contributed by atoms with E-state index in [1.165, 1.54) is 81.5 Å². The average Bonchev–Trinajstić information content (AvgIpc) is 2.52. The van der Waals surface area contributed by atoms with Crippen molar-refractivity contribution in [1.29, 1.82) is 0 Å². The molecule has 0 bridgehead atoms. The second-order valence-electron chi connectivity index (χ2n) is 6.76. The molecule has 3 heteroatoms. The van der Waals surface area contributed by atoms with Crippen molar-refractivity contribution in [3.8, 4) is 0 Å². The second kappa shape index (κ2) is 16.6. The maximum absolute atomic E-state index is 6.33. The van der Waals surface area contributed by atoms with E-state index in [2.05, 4.69) is 25.7 Å². The van der Waals surface area contributed by atoms with Crippen LogP contribution in [0.5, 0.6) is 0 Å². The van der Waals surface area contributed by atoms with E-state index in [1.54, 1.807) is 0 Å². The standard InChI is InChI=1S/2C7H15O.C4H9.CH3.Sn/c2*1-2-3-4-5-6-7-8;1-3-4-2;;/h2*2-7H2,1H3;1,3-4H2,2H3;1H3;/q2*-1;;;+2. The zero-order valence-electron chi connectivity index (χ0n) is 15.9. The Morgan fingerprint density at radius 2 is 0.955 bits per heavy atom. The van der Waals surface area contributed by atoms with Crippen molar-refractivity contribution in [2.24, 2.45) is 0 Å². The molecule has 0 aromatic carbocycles. The van der Waals surface area contributed by atoms with Crippen LogP contribution in [0.4, 0.5) is 0 Å². The summed E-state index contributed by atoms with van der Waals surface area (Å²) in [5.74, 6) is 0. The molecule has 0 aliphatic rings. The number of hydrogen-bond donors (Lipinski definition) is 0. The molecule has 0 N–H and O–H groups in total. The van der Waals surface area contributed by atoms with Gasteiger partial charge in [-0.15, -0.1) is 0 Å². The van der Waals surface area contributed by atoms with Crippen LogP contribution in [0.3, 0.4) is 0 Å². The summed E-state index contributed by atoms with van der Waals surface area (Å²) in [5, 5.41) is 0. The van der Waals surface area contributed by atoms with Crippen LogP contribution < -0.4 is 0 Å². The van der Waals surface area contributed by atoms with Gasteiger partial charge in [0.15, 0.2) is 0 Å². The molecule has 0 aromatic heterocycles. The van der Waals surface area contributed by atoms with E-state index in [0.29, 0.717) is 0 Å². The Hall–Kier alpha value is 0.719. The normalized spacial score (nSPS) is 12.0. The van der Waals surface area contributed by atoms with Crippen molar-refractivity contribution >= 4 is 19.2 Å². The SMILES string of the molecule is CCCCCCC[O][Sn]([CH3])([CH2]CCC)[O]CCCCCCC. The summed E-state index contributed by atoms with van der Waals surface area (Å²) in [7, 11) is 0. The van der Waals surface area contributed by atoms with Crippen molar-refractivity contribution < 1.29 is 6.15 Å². The van der Waals surface area contributed by atoms with Gasteiger partial charge in [0, 0.05) is 0 Å². The van der Waals surface area contributed by atoms with Gasteiger partial charge in [-0.05, 0) is 0 Å². The van der Waals surface area contributed by atoms with Gasteiger partial charge >= 0.3 is 146 Å². The quantitative estimate of drug-likeness (QED) is 0.189. The molecule has 0 radical (unpaired) electrons. The van der Waals surface area contributed by atoms with E-state index < -0.39 is 19.2 Å². The summed E-state index contributed by atoms with van der Waals surface area (Å²) < 4.78 is 13.9. The fourth-order valence-corrected chi connectivity index (χ4v) is 9.86. The minimum atomic E-state index is -2.70. The molecule has 0 rings (SSSR count). The Kier molecular flexibility index (Phi) is 17.1. The van der Waals surface area contributed by atoms with Crippen molar-refractivity contribution in [3.05, 3.63) is 0 Å². The Bertz CT molecular complexity index is 205. The van der Waals surface area contributed by atoms with Crippen LogP contribution in [0, 0.1) is 0 Å². The first kappa shape index (κ1) is 22.7. The van der Waals surface area contributed by atoms with Crippen LogP contribution in [-0.4, -0.2) is 32.4 Å². The average molecular weight is 421 g/mol. The number of unbranched alkanes of at least 4 members (excludes halogenated alkanes) is 9. The second-order valence-corrected chi connectivity index (χ2v) is 16.3. The van der Waals surface area contributed by atoms with Gasteiger partial charge in [-0.25, -0.2) is 0 Å². The first-order chi connectivity index (χ1) is 10.7. The van der Waals surface area contributed by atoms with E-state index >= 15 is 0 Å².